The fourth-order valence-electron chi connectivity index (χ4n) is 6.17. The van der Waals surface area contributed by atoms with Gasteiger partial charge in [0.1, 0.15) is 11.1 Å². The molecule has 2 aliphatic carbocycles. The lowest BCUT2D eigenvalue weighted by molar-refractivity contribution is -0.129. The van der Waals surface area contributed by atoms with Gasteiger partial charge in [-0.25, -0.2) is 0 Å². The fraction of sp³-hybridized carbons (Fsp3) is 0.500. The molecule has 4 nitrogen and oxygen atoms in total. The molecule has 3 atom stereocenters. The summed E-state index contributed by atoms with van der Waals surface area (Å²) in [4.78, 5) is 27.2. The number of Topliss-reactive ketones (excluding diaryl/α,β-unsaturated/α-hetero) is 2. The number of nitrogens with one attached hydrogen (secondary N) is 2. The first-order valence-corrected chi connectivity index (χ1v) is 12.0. The minimum atomic E-state index is -0.666. The van der Waals surface area contributed by atoms with Crippen LogP contribution in [-0.4, -0.2) is 25.7 Å². The molecule has 4 heteroatoms. The van der Waals surface area contributed by atoms with Crippen LogP contribution in [0.3, 0.4) is 0 Å². The Morgan fingerprint density at radius 2 is 1.50 bits per heavy atom. The lowest BCUT2D eigenvalue weighted by Gasteiger charge is -2.41. The molecule has 0 heterocycles. The highest BCUT2D eigenvalue weighted by atomic mass is 16.1. The van der Waals surface area contributed by atoms with Crippen molar-refractivity contribution in [3.05, 3.63) is 70.3 Å². The number of carbonyl (C=O) groups is 2. The molecule has 0 saturated heterocycles. The van der Waals surface area contributed by atoms with E-state index in [1.807, 2.05) is 26.2 Å². The summed E-state index contributed by atoms with van der Waals surface area (Å²) in [6.45, 7) is 4.16. The maximum Gasteiger partial charge on any atom is 0.164 e. The molecule has 2 N–H and O–H groups in total. The highest BCUT2D eigenvalue weighted by Crippen LogP contribution is 2.44. The van der Waals surface area contributed by atoms with Crippen LogP contribution in [0.1, 0.15) is 78.7 Å². The number of hydrogen-bond donors (Lipinski definition) is 2. The molecule has 2 aliphatic rings. The normalized spacial score (nSPS) is 28.7. The summed E-state index contributed by atoms with van der Waals surface area (Å²) >= 11 is 0. The maximum atomic E-state index is 14.1. The van der Waals surface area contributed by atoms with Crippen LogP contribution in [0.15, 0.2) is 42.5 Å². The van der Waals surface area contributed by atoms with Gasteiger partial charge in [0, 0.05) is 12.3 Å². The molecule has 0 bridgehead atoms. The van der Waals surface area contributed by atoms with Crippen molar-refractivity contribution in [3.63, 3.8) is 0 Å². The van der Waals surface area contributed by atoms with Crippen LogP contribution >= 0.6 is 0 Å². The van der Waals surface area contributed by atoms with Crippen molar-refractivity contribution in [1.29, 1.82) is 0 Å². The van der Waals surface area contributed by atoms with Gasteiger partial charge in [-0.2, -0.15) is 0 Å². The Morgan fingerprint density at radius 3 is 2.19 bits per heavy atom. The Bertz CT molecular complexity index is 1030. The predicted octanol–water partition coefficient (Wildman–Crippen LogP) is 4.81. The molecule has 0 radical (unpaired) electrons. The predicted molar refractivity (Wildman–Crippen MR) is 129 cm³/mol. The van der Waals surface area contributed by atoms with E-state index in [0.717, 1.165) is 66.3 Å². The molecule has 0 aliphatic heterocycles. The molecule has 2 fully saturated rings. The minimum Gasteiger partial charge on any atom is -0.304 e. The Balaban J connectivity index is 1.77. The van der Waals surface area contributed by atoms with Gasteiger partial charge in [0.25, 0.3) is 0 Å². The van der Waals surface area contributed by atoms with Crippen LogP contribution in [-0.2, 0) is 20.7 Å². The molecule has 2 aromatic rings. The second-order valence-corrected chi connectivity index (χ2v) is 9.64. The van der Waals surface area contributed by atoms with E-state index in [4.69, 9.17) is 0 Å². The average Bonchev–Trinajstić information content (AvgIpc) is 2.81. The summed E-state index contributed by atoms with van der Waals surface area (Å²) in [6.07, 6.45) is 6.05. The lowest BCUT2D eigenvalue weighted by atomic mass is 9.67. The molecule has 0 spiro atoms. The molecule has 0 aromatic heterocycles. The van der Waals surface area contributed by atoms with Crippen molar-refractivity contribution in [2.45, 2.75) is 75.8 Å². The first kappa shape index (κ1) is 22.9. The lowest BCUT2D eigenvalue weighted by Crippen LogP contribution is -2.52. The van der Waals surface area contributed by atoms with E-state index in [-0.39, 0.29) is 17.5 Å². The summed E-state index contributed by atoms with van der Waals surface area (Å²) in [6, 6.07) is 14.6. The Labute approximate surface area is 192 Å². The minimum absolute atomic E-state index is 0.178. The summed E-state index contributed by atoms with van der Waals surface area (Å²) in [7, 11) is 3.80. The van der Waals surface area contributed by atoms with Gasteiger partial charge in [-0.05, 0) is 87.9 Å². The van der Waals surface area contributed by atoms with Gasteiger partial charge in [0.15, 0.2) is 11.6 Å². The molecule has 2 saturated carbocycles. The molecule has 1 unspecified atom stereocenters. The third kappa shape index (κ3) is 3.54. The van der Waals surface area contributed by atoms with E-state index in [1.54, 1.807) is 0 Å². The van der Waals surface area contributed by atoms with E-state index in [1.165, 1.54) is 0 Å². The van der Waals surface area contributed by atoms with Gasteiger partial charge >= 0.3 is 0 Å². The summed E-state index contributed by atoms with van der Waals surface area (Å²) in [5, 5.41) is 6.80. The SMILES string of the molecule is CN[C@@]1(c2cc(C3CCC[C@](NC)(c4ccccc4C)C3=O)ccc2C)CCCCC1=O. The molecule has 4 rings (SSSR count). The topological polar surface area (TPSA) is 58.2 Å². The molecule has 2 aromatic carbocycles. The van der Waals surface area contributed by atoms with Crippen molar-refractivity contribution in [2.75, 3.05) is 14.1 Å². The van der Waals surface area contributed by atoms with Gasteiger partial charge in [-0.3, -0.25) is 9.59 Å². The van der Waals surface area contributed by atoms with Crippen LogP contribution < -0.4 is 10.6 Å². The average molecular weight is 433 g/mol. The quantitative estimate of drug-likeness (QED) is 0.712. The van der Waals surface area contributed by atoms with Crippen molar-refractivity contribution in [1.82, 2.24) is 10.6 Å². The molecule has 32 heavy (non-hydrogen) atoms. The van der Waals surface area contributed by atoms with Crippen molar-refractivity contribution in [2.24, 2.45) is 0 Å². The van der Waals surface area contributed by atoms with Crippen LogP contribution in [0.4, 0.5) is 0 Å². The summed E-state index contributed by atoms with van der Waals surface area (Å²) < 4.78 is 0. The Hall–Kier alpha value is -2.30. The number of carbonyl (C=O) groups excluding carboxylic acids is 2. The Kier molecular flexibility index (Phi) is 6.37. The van der Waals surface area contributed by atoms with Gasteiger partial charge in [0.05, 0.1) is 0 Å². The number of ketones is 2. The van der Waals surface area contributed by atoms with Crippen molar-refractivity contribution < 1.29 is 9.59 Å². The van der Waals surface area contributed by atoms with Crippen molar-refractivity contribution in [3.8, 4) is 0 Å². The van der Waals surface area contributed by atoms with E-state index in [0.29, 0.717) is 6.42 Å². The third-order valence-electron chi connectivity index (χ3n) is 8.05. The van der Waals surface area contributed by atoms with Crippen LogP contribution in [0.2, 0.25) is 0 Å². The Morgan fingerprint density at radius 1 is 0.812 bits per heavy atom. The second-order valence-electron chi connectivity index (χ2n) is 9.64. The maximum absolute atomic E-state index is 14.1. The number of hydrogen-bond acceptors (Lipinski definition) is 4. The van der Waals surface area contributed by atoms with Crippen LogP contribution in [0, 0.1) is 13.8 Å². The van der Waals surface area contributed by atoms with E-state index in [9.17, 15) is 9.59 Å². The van der Waals surface area contributed by atoms with Gasteiger partial charge in [-0.15, -0.1) is 0 Å². The van der Waals surface area contributed by atoms with Crippen LogP contribution in [0.25, 0.3) is 0 Å². The fourth-order valence-corrected chi connectivity index (χ4v) is 6.17. The standard InChI is InChI=1S/C28H36N2O2/c1-19-10-5-6-12-23(19)28(30-4)17-9-11-22(26(28)32)21-15-14-20(2)24(18-21)27(29-3)16-8-7-13-25(27)31/h5-6,10,12,14-15,18,22,29-30H,7-9,11,13,16-17H2,1-4H3/t22?,27-,28+/m1/s1. The highest BCUT2D eigenvalue weighted by molar-refractivity contribution is 5.96. The zero-order valence-electron chi connectivity index (χ0n) is 19.9. The first-order chi connectivity index (χ1) is 15.4. The molecule has 170 valence electrons. The van der Waals surface area contributed by atoms with Crippen molar-refractivity contribution >= 4 is 11.6 Å². The number of rotatable bonds is 5. The van der Waals surface area contributed by atoms with Gasteiger partial charge in [0.2, 0.25) is 0 Å². The molecular formula is C28H36N2O2. The molecular weight excluding hydrogens is 396 g/mol. The van der Waals surface area contributed by atoms with Crippen LogP contribution in [0.5, 0.6) is 0 Å². The summed E-state index contributed by atoms with van der Waals surface area (Å²) in [5.74, 6) is 0.331. The summed E-state index contributed by atoms with van der Waals surface area (Å²) in [5.41, 5.74) is 4.12. The van der Waals surface area contributed by atoms with E-state index < -0.39 is 11.1 Å². The number of benzene rings is 2. The monoisotopic (exact) mass is 432 g/mol. The number of likely N-dealkylation sites (N-methyl/N-ethyl adjacent to an activating group) is 2. The zero-order valence-corrected chi connectivity index (χ0v) is 19.9. The molecule has 0 amide bonds. The largest absolute Gasteiger partial charge is 0.304 e. The zero-order chi connectivity index (χ0) is 22.9. The smallest absolute Gasteiger partial charge is 0.164 e. The van der Waals surface area contributed by atoms with Gasteiger partial charge in [-0.1, -0.05) is 48.9 Å². The second kappa shape index (κ2) is 8.92. The first-order valence-electron chi connectivity index (χ1n) is 12.0. The number of aryl methyl sites for hydroxylation is 2. The van der Waals surface area contributed by atoms with Gasteiger partial charge < -0.3 is 10.6 Å². The van der Waals surface area contributed by atoms with E-state index >= 15 is 0 Å². The van der Waals surface area contributed by atoms with E-state index in [2.05, 4.69) is 54.8 Å². The third-order valence-corrected chi connectivity index (χ3v) is 8.05. The highest BCUT2D eigenvalue weighted by Gasteiger charge is 2.47.